The average molecular weight is 267 g/mol. The van der Waals surface area contributed by atoms with Crippen LogP contribution in [-0.2, 0) is 9.47 Å². The molecule has 0 atom stereocenters. The van der Waals surface area contributed by atoms with Crippen LogP contribution in [0.1, 0.15) is 38.5 Å². The Labute approximate surface area is 117 Å². The Morgan fingerprint density at radius 3 is 2.21 bits per heavy atom. The summed E-state index contributed by atoms with van der Waals surface area (Å²) >= 11 is 0. The van der Waals surface area contributed by atoms with E-state index in [2.05, 4.69) is 5.32 Å². The minimum atomic E-state index is 0.711. The minimum absolute atomic E-state index is 0.711. The van der Waals surface area contributed by atoms with Gasteiger partial charge in [0.2, 0.25) is 0 Å². The summed E-state index contributed by atoms with van der Waals surface area (Å²) in [6.07, 6.45) is 8.72. The lowest BCUT2D eigenvalue weighted by Crippen LogP contribution is -2.54. The molecule has 0 radical (unpaired) electrons. The molecule has 4 fully saturated rings. The van der Waals surface area contributed by atoms with E-state index < -0.39 is 0 Å². The molecule has 3 heteroatoms. The summed E-state index contributed by atoms with van der Waals surface area (Å²) in [5, 5.41) is 3.84. The van der Waals surface area contributed by atoms with Crippen LogP contribution in [0, 0.1) is 23.7 Å². The van der Waals surface area contributed by atoms with E-state index in [1.165, 1.54) is 25.7 Å². The first-order chi connectivity index (χ1) is 9.36. The molecule has 0 aromatic heterocycles. The van der Waals surface area contributed by atoms with Crippen LogP contribution >= 0.6 is 0 Å². The number of hydrogen-bond acceptors (Lipinski definition) is 3. The predicted octanol–water partition coefficient (Wildman–Crippen LogP) is 2.45. The maximum absolute atomic E-state index is 5.52. The first-order valence-corrected chi connectivity index (χ1v) is 8.17. The van der Waals surface area contributed by atoms with Crippen molar-refractivity contribution in [2.75, 3.05) is 33.5 Å². The summed E-state index contributed by atoms with van der Waals surface area (Å²) in [6.45, 7) is 3.43. The Bertz CT molecular complexity index is 254. The van der Waals surface area contributed by atoms with Gasteiger partial charge in [-0.2, -0.15) is 0 Å². The Kier molecular flexibility index (Phi) is 4.78. The summed E-state index contributed by atoms with van der Waals surface area (Å²) in [5.74, 6) is 4.15. The predicted molar refractivity (Wildman–Crippen MR) is 76.1 cm³/mol. The Hall–Kier alpha value is -0.120. The van der Waals surface area contributed by atoms with Crippen LogP contribution in [0.25, 0.3) is 0 Å². The van der Waals surface area contributed by atoms with Gasteiger partial charge in [0, 0.05) is 19.8 Å². The lowest BCUT2D eigenvalue weighted by molar-refractivity contribution is -0.0144. The van der Waals surface area contributed by atoms with Crippen molar-refractivity contribution < 1.29 is 9.47 Å². The molecule has 4 saturated carbocycles. The van der Waals surface area contributed by atoms with Crippen molar-refractivity contribution in [3.05, 3.63) is 0 Å². The van der Waals surface area contributed by atoms with E-state index in [0.717, 1.165) is 55.9 Å². The Morgan fingerprint density at radius 1 is 0.895 bits per heavy atom. The second-order valence-corrected chi connectivity index (χ2v) is 6.87. The lowest BCUT2D eigenvalue weighted by atomic mass is 9.54. The summed E-state index contributed by atoms with van der Waals surface area (Å²) in [6, 6.07) is 0.826. The highest BCUT2D eigenvalue weighted by atomic mass is 16.5. The summed E-state index contributed by atoms with van der Waals surface area (Å²) in [4.78, 5) is 0. The second kappa shape index (κ2) is 6.55. The van der Waals surface area contributed by atoms with E-state index in [-0.39, 0.29) is 0 Å². The van der Waals surface area contributed by atoms with Gasteiger partial charge in [-0.25, -0.2) is 0 Å². The molecule has 0 amide bonds. The minimum Gasteiger partial charge on any atom is -0.382 e. The average Bonchev–Trinajstić information content (AvgIpc) is 2.39. The molecule has 0 aliphatic heterocycles. The van der Waals surface area contributed by atoms with Crippen molar-refractivity contribution in [3.63, 3.8) is 0 Å². The fraction of sp³-hybridized carbons (Fsp3) is 1.00. The van der Waals surface area contributed by atoms with E-state index in [1.807, 2.05) is 0 Å². The first kappa shape index (κ1) is 13.8. The zero-order valence-corrected chi connectivity index (χ0v) is 12.3. The molecular weight excluding hydrogens is 238 g/mol. The van der Waals surface area contributed by atoms with Gasteiger partial charge in [-0.3, -0.25) is 0 Å². The molecular formula is C16H29NO2. The highest BCUT2D eigenvalue weighted by molar-refractivity contribution is 5.01. The van der Waals surface area contributed by atoms with Gasteiger partial charge in [0.05, 0.1) is 13.2 Å². The SMILES string of the molecule is COCCOCCCNC1C2CC3CC(C2)CC1C3. The molecule has 0 aromatic rings. The quantitative estimate of drug-likeness (QED) is 0.685. The summed E-state index contributed by atoms with van der Waals surface area (Å²) in [7, 11) is 1.72. The third kappa shape index (κ3) is 3.32. The van der Waals surface area contributed by atoms with Gasteiger partial charge in [-0.1, -0.05) is 0 Å². The van der Waals surface area contributed by atoms with E-state index in [0.29, 0.717) is 6.61 Å². The summed E-state index contributed by atoms with van der Waals surface area (Å²) < 4.78 is 10.5. The van der Waals surface area contributed by atoms with Gasteiger partial charge >= 0.3 is 0 Å². The van der Waals surface area contributed by atoms with Gasteiger partial charge < -0.3 is 14.8 Å². The van der Waals surface area contributed by atoms with Gasteiger partial charge in [0.25, 0.3) is 0 Å². The number of rotatable bonds is 8. The van der Waals surface area contributed by atoms with Crippen molar-refractivity contribution >= 4 is 0 Å². The zero-order valence-electron chi connectivity index (χ0n) is 12.3. The van der Waals surface area contributed by atoms with Crippen LogP contribution in [0.5, 0.6) is 0 Å². The molecule has 0 spiro atoms. The number of methoxy groups -OCH3 is 1. The van der Waals surface area contributed by atoms with Crippen LogP contribution in [0.2, 0.25) is 0 Å². The van der Waals surface area contributed by atoms with Gasteiger partial charge in [0.1, 0.15) is 0 Å². The van der Waals surface area contributed by atoms with Crippen LogP contribution in [0.4, 0.5) is 0 Å². The van der Waals surface area contributed by atoms with Crippen molar-refractivity contribution in [2.45, 2.75) is 44.6 Å². The standard InChI is InChI=1S/C16H29NO2/c1-18-5-6-19-4-2-3-17-16-14-8-12-7-13(10-14)11-15(16)9-12/h12-17H,2-11H2,1H3. The van der Waals surface area contributed by atoms with Crippen molar-refractivity contribution in [1.29, 1.82) is 0 Å². The van der Waals surface area contributed by atoms with Crippen molar-refractivity contribution in [2.24, 2.45) is 23.7 Å². The van der Waals surface area contributed by atoms with Crippen LogP contribution < -0.4 is 5.32 Å². The van der Waals surface area contributed by atoms with Crippen molar-refractivity contribution in [1.82, 2.24) is 5.32 Å². The van der Waals surface area contributed by atoms with Crippen LogP contribution in [-0.4, -0.2) is 39.5 Å². The third-order valence-electron chi connectivity index (χ3n) is 5.50. The summed E-state index contributed by atoms with van der Waals surface area (Å²) in [5.41, 5.74) is 0. The molecule has 1 N–H and O–H groups in total. The number of nitrogens with one attached hydrogen (secondary N) is 1. The molecule has 4 aliphatic rings. The molecule has 0 saturated heterocycles. The molecule has 0 aromatic carbocycles. The van der Waals surface area contributed by atoms with Crippen molar-refractivity contribution in [3.8, 4) is 0 Å². The fourth-order valence-corrected chi connectivity index (χ4v) is 4.95. The fourth-order valence-electron chi connectivity index (χ4n) is 4.95. The maximum atomic E-state index is 5.52. The zero-order chi connectivity index (χ0) is 13.1. The maximum Gasteiger partial charge on any atom is 0.0700 e. The molecule has 110 valence electrons. The molecule has 19 heavy (non-hydrogen) atoms. The second-order valence-electron chi connectivity index (χ2n) is 6.87. The van der Waals surface area contributed by atoms with Crippen LogP contribution in [0.15, 0.2) is 0 Å². The largest absolute Gasteiger partial charge is 0.382 e. The van der Waals surface area contributed by atoms with Gasteiger partial charge in [-0.15, -0.1) is 0 Å². The molecule has 4 aliphatic carbocycles. The highest BCUT2D eigenvalue weighted by Gasteiger charge is 2.47. The molecule has 0 unspecified atom stereocenters. The Morgan fingerprint density at radius 2 is 1.58 bits per heavy atom. The van der Waals surface area contributed by atoms with E-state index in [4.69, 9.17) is 9.47 Å². The number of ether oxygens (including phenoxy) is 2. The molecule has 4 rings (SSSR count). The van der Waals surface area contributed by atoms with Gasteiger partial charge in [0.15, 0.2) is 0 Å². The number of hydrogen-bond donors (Lipinski definition) is 1. The normalized spacial score (nSPS) is 39.9. The molecule has 4 bridgehead atoms. The lowest BCUT2D eigenvalue weighted by Gasteiger charge is -2.54. The van der Waals surface area contributed by atoms with E-state index in [1.54, 1.807) is 13.5 Å². The van der Waals surface area contributed by atoms with E-state index in [9.17, 15) is 0 Å². The highest BCUT2D eigenvalue weighted by Crippen LogP contribution is 2.53. The first-order valence-electron chi connectivity index (χ1n) is 8.17. The van der Waals surface area contributed by atoms with Gasteiger partial charge in [-0.05, 0) is 68.7 Å². The Balaban J connectivity index is 1.32. The smallest absolute Gasteiger partial charge is 0.0700 e. The topological polar surface area (TPSA) is 30.5 Å². The molecule has 3 nitrogen and oxygen atoms in total. The molecule has 0 heterocycles. The monoisotopic (exact) mass is 267 g/mol. The van der Waals surface area contributed by atoms with E-state index >= 15 is 0 Å². The van der Waals surface area contributed by atoms with Crippen LogP contribution in [0.3, 0.4) is 0 Å². The third-order valence-corrected chi connectivity index (χ3v) is 5.50.